The Balaban J connectivity index is 2.18. The molecule has 2 rings (SSSR count). The van der Waals surface area contributed by atoms with Crippen molar-refractivity contribution in [2.75, 3.05) is 13.2 Å². The van der Waals surface area contributed by atoms with Crippen LogP contribution in [-0.2, 0) is 14.3 Å². The lowest BCUT2D eigenvalue weighted by Crippen LogP contribution is -2.43. The number of rotatable bonds is 1. The van der Waals surface area contributed by atoms with E-state index in [1.807, 2.05) is 0 Å². The third-order valence-electron chi connectivity index (χ3n) is 3.02. The van der Waals surface area contributed by atoms with Gasteiger partial charge in [0.15, 0.2) is 5.78 Å². The molecule has 0 spiro atoms. The first-order chi connectivity index (χ1) is 7.53. The smallest absolute Gasteiger partial charge is 0.416 e. The monoisotopic (exact) mass is 223 g/mol. The zero-order valence-corrected chi connectivity index (χ0v) is 9.06. The second kappa shape index (κ2) is 3.73. The number of ether oxygens (including phenoxy) is 1. The average Bonchev–Trinajstić information content (AvgIpc) is 2.68. The minimum atomic E-state index is -0.753. The highest BCUT2D eigenvalue weighted by molar-refractivity contribution is 6.00. The van der Waals surface area contributed by atoms with Gasteiger partial charge >= 0.3 is 6.09 Å². The molecule has 0 saturated carbocycles. The summed E-state index contributed by atoms with van der Waals surface area (Å²) in [5.41, 5.74) is -0.753. The van der Waals surface area contributed by atoms with Crippen LogP contribution in [0.1, 0.15) is 19.8 Å². The number of cyclic esters (lactones) is 1. The largest absolute Gasteiger partial charge is 0.447 e. The standard InChI is InChI=1S/C11H13NO4/c1-11(4-2-8(13)3-5-11)9(14)12-6-7-16-10(12)15/h2,4H,3,5-7H2,1H3. The zero-order chi connectivity index (χ0) is 11.8. The SMILES string of the molecule is CC1(C(=O)N2CCOC2=O)C=CC(=O)CC1. The van der Waals surface area contributed by atoms with Crippen molar-refractivity contribution in [2.45, 2.75) is 19.8 Å². The molecule has 0 aromatic rings. The molecule has 1 saturated heterocycles. The second-order valence-corrected chi connectivity index (χ2v) is 4.29. The van der Waals surface area contributed by atoms with E-state index in [1.54, 1.807) is 13.0 Å². The predicted octanol–water partition coefficient (Wildman–Crippen LogP) is 0.891. The van der Waals surface area contributed by atoms with Crippen molar-refractivity contribution in [3.05, 3.63) is 12.2 Å². The first-order valence-corrected chi connectivity index (χ1v) is 5.24. The van der Waals surface area contributed by atoms with Crippen molar-refractivity contribution < 1.29 is 19.1 Å². The lowest BCUT2D eigenvalue weighted by Gasteiger charge is -2.29. The van der Waals surface area contributed by atoms with Crippen molar-refractivity contribution >= 4 is 17.8 Å². The van der Waals surface area contributed by atoms with Crippen molar-refractivity contribution in [3.63, 3.8) is 0 Å². The van der Waals surface area contributed by atoms with Crippen LogP contribution in [0, 0.1) is 5.41 Å². The van der Waals surface area contributed by atoms with Crippen LogP contribution in [0.15, 0.2) is 12.2 Å². The van der Waals surface area contributed by atoms with E-state index in [-0.39, 0.29) is 18.3 Å². The number of carbonyl (C=O) groups is 3. The van der Waals surface area contributed by atoms with Gasteiger partial charge in [0.25, 0.3) is 0 Å². The molecule has 2 amide bonds. The molecule has 1 unspecified atom stereocenters. The normalized spacial score (nSPS) is 29.4. The van der Waals surface area contributed by atoms with Crippen LogP contribution < -0.4 is 0 Å². The van der Waals surface area contributed by atoms with Gasteiger partial charge in [0, 0.05) is 6.42 Å². The van der Waals surface area contributed by atoms with Gasteiger partial charge in [-0.2, -0.15) is 0 Å². The third-order valence-corrected chi connectivity index (χ3v) is 3.02. The van der Waals surface area contributed by atoms with Crippen LogP contribution in [0.5, 0.6) is 0 Å². The summed E-state index contributed by atoms with van der Waals surface area (Å²) in [6.07, 6.45) is 3.22. The summed E-state index contributed by atoms with van der Waals surface area (Å²) < 4.78 is 4.72. The van der Waals surface area contributed by atoms with Crippen molar-refractivity contribution in [2.24, 2.45) is 5.41 Å². The van der Waals surface area contributed by atoms with E-state index in [2.05, 4.69) is 0 Å². The number of hydrogen-bond donors (Lipinski definition) is 0. The van der Waals surface area contributed by atoms with E-state index < -0.39 is 11.5 Å². The zero-order valence-electron chi connectivity index (χ0n) is 9.06. The average molecular weight is 223 g/mol. The fourth-order valence-electron chi connectivity index (χ4n) is 1.89. The Hall–Kier alpha value is -1.65. The molecule has 5 heteroatoms. The van der Waals surface area contributed by atoms with Crippen LogP contribution in [-0.4, -0.2) is 35.8 Å². The summed E-state index contributed by atoms with van der Waals surface area (Å²) in [5.74, 6) is -0.256. The van der Waals surface area contributed by atoms with Gasteiger partial charge in [-0.3, -0.25) is 9.59 Å². The van der Waals surface area contributed by atoms with E-state index in [9.17, 15) is 14.4 Å². The molecule has 0 aromatic carbocycles. The molecule has 1 fully saturated rings. The van der Waals surface area contributed by atoms with E-state index in [1.165, 1.54) is 6.08 Å². The molecule has 86 valence electrons. The number of nitrogens with zero attached hydrogens (tertiary/aromatic N) is 1. The number of amides is 2. The molecule has 5 nitrogen and oxygen atoms in total. The summed E-state index contributed by atoms with van der Waals surface area (Å²) in [4.78, 5) is 35.5. The molecule has 16 heavy (non-hydrogen) atoms. The first-order valence-electron chi connectivity index (χ1n) is 5.24. The molecule has 1 aliphatic carbocycles. The fourth-order valence-corrected chi connectivity index (χ4v) is 1.89. The minimum Gasteiger partial charge on any atom is -0.447 e. The van der Waals surface area contributed by atoms with Crippen LogP contribution >= 0.6 is 0 Å². The second-order valence-electron chi connectivity index (χ2n) is 4.29. The van der Waals surface area contributed by atoms with Gasteiger partial charge < -0.3 is 4.74 Å². The summed E-state index contributed by atoms with van der Waals surface area (Å²) in [7, 11) is 0. The molecule has 2 aliphatic rings. The topological polar surface area (TPSA) is 63.7 Å². The lowest BCUT2D eigenvalue weighted by molar-refractivity contribution is -0.135. The van der Waals surface area contributed by atoms with Crippen LogP contribution in [0.3, 0.4) is 0 Å². The highest BCUT2D eigenvalue weighted by atomic mass is 16.6. The van der Waals surface area contributed by atoms with Crippen molar-refractivity contribution in [1.29, 1.82) is 0 Å². The van der Waals surface area contributed by atoms with Crippen molar-refractivity contribution in [3.8, 4) is 0 Å². The van der Waals surface area contributed by atoms with Crippen molar-refractivity contribution in [1.82, 2.24) is 4.90 Å². The van der Waals surface area contributed by atoms with Gasteiger partial charge in [-0.25, -0.2) is 9.69 Å². The molecular weight excluding hydrogens is 210 g/mol. The van der Waals surface area contributed by atoms with Gasteiger partial charge in [0.1, 0.15) is 6.61 Å². The summed E-state index contributed by atoms with van der Waals surface area (Å²) in [6, 6.07) is 0. The first kappa shape index (κ1) is 10.9. The van der Waals surface area contributed by atoms with Crippen LogP contribution in [0.4, 0.5) is 4.79 Å². The van der Waals surface area contributed by atoms with E-state index >= 15 is 0 Å². The number of carbonyl (C=O) groups excluding carboxylic acids is 3. The maximum absolute atomic E-state index is 12.1. The molecule has 1 atom stereocenters. The predicted molar refractivity (Wildman–Crippen MR) is 54.5 cm³/mol. The Labute approximate surface area is 93.0 Å². The van der Waals surface area contributed by atoms with Gasteiger partial charge in [-0.15, -0.1) is 0 Å². The number of imide groups is 1. The molecule has 0 aromatic heterocycles. The van der Waals surface area contributed by atoms with E-state index in [0.29, 0.717) is 19.4 Å². The van der Waals surface area contributed by atoms with Gasteiger partial charge in [0.05, 0.1) is 12.0 Å². The highest BCUT2D eigenvalue weighted by Gasteiger charge is 2.41. The van der Waals surface area contributed by atoms with E-state index in [0.717, 1.165) is 4.90 Å². The molecular formula is C11H13NO4. The summed E-state index contributed by atoms with van der Waals surface area (Å²) >= 11 is 0. The Kier molecular flexibility index (Phi) is 2.53. The maximum atomic E-state index is 12.1. The van der Waals surface area contributed by atoms with Gasteiger partial charge in [-0.1, -0.05) is 6.08 Å². The number of ketones is 1. The molecule has 0 bridgehead atoms. The number of allylic oxidation sites excluding steroid dienone is 1. The lowest BCUT2D eigenvalue weighted by atomic mass is 9.79. The number of hydrogen-bond acceptors (Lipinski definition) is 4. The molecule has 0 N–H and O–H groups in total. The Morgan fingerprint density at radius 1 is 1.50 bits per heavy atom. The quantitative estimate of drug-likeness (QED) is 0.662. The van der Waals surface area contributed by atoms with Gasteiger partial charge in [-0.05, 0) is 19.4 Å². The Morgan fingerprint density at radius 3 is 2.75 bits per heavy atom. The molecule has 0 radical (unpaired) electrons. The molecule has 1 aliphatic heterocycles. The Bertz CT molecular complexity index is 387. The third kappa shape index (κ3) is 1.73. The minimum absolute atomic E-state index is 0.0225. The maximum Gasteiger partial charge on any atom is 0.416 e. The van der Waals surface area contributed by atoms with Crippen LogP contribution in [0.25, 0.3) is 0 Å². The summed E-state index contributed by atoms with van der Waals surface area (Å²) in [6.45, 7) is 2.29. The fraction of sp³-hybridized carbons (Fsp3) is 0.545. The van der Waals surface area contributed by atoms with Crippen LogP contribution in [0.2, 0.25) is 0 Å². The molecule has 1 heterocycles. The summed E-state index contributed by atoms with van der Waals surface area (Å²) in [5, 5.41) is 0. The Morgan fingerprint density at radius 2 is 2.25 bits per heavy atom. The van der Waals surface area contributed by atoms with E-state index in [4.69, 9.17) is 4.74 Å². The highest BCUT2D eigenvalue weighted by Crippen LogP contribution is 2.32. The van der Waals surface area contributed by atoms with Gasteiger partial charge in [0.2, 0.25) is 5.91 Å².